The number of imide groups is 1. The molecule has 2 aromatic carbocycles. The summed E-state index contributed by atoms with van der Waals surface area (Å²) in [5, 5.41) is 13.3. The molecule has 30 heavy (non-hydrogen) atoms. The van der Waals surface area contributed by atoms with Gasteiger partial charge in [0.15, 0.2) is 5.78 Å². The highest BCUT2D eigenvalue weighted by Gasteiger charge is 2.51. The van der Waals surface area contributed by atoms with Crippen LogP contribution in [0.1, 0.15) is 35.3 Å². The summed E-state index contributed by atoms with van der Waals surface area (Å²) in [7, 11) is 0. The van der Waals surface area contributed by atoms with Gasteiger partial charge in [0.2, 0.25) is 0 Å². The number of hydrogen-bond donors (Lipinski definition) is 2. The zero-order valence-corrected chi connectivity index (χ0v) is 17.6. The van der Waals surface area contributed by atoms with Gasteiger partial charge in [-0.2, -0.15) is 0 Å². The predicted molar refractivity (Wildman–Crippen MR) is 113 cm³/mol. The first-order chi connectivity index (χ1) is 14.2. The number of nitrogens with zero attached hydrogens (tertiary/aromatic N) is 2. The molecular formula is C22H24ClN3O4. The summed E-state index contributed by atoms with van der Waals surface area (Å²) in [6.45, 7) is 3.62. The first kappa shape index (κ1) is 22.0. The van der Waals surface area contributed by atoms with Crippen molar-refractivity contribution in [2.45, 2.75) is 32.0 Å². The molecule has 0 saturated carbocycles. The Morgan fingerprint density at radius 1 is 1.07 bits per heavy atom. The standard InChI is InChI=1S/C22H24ClN3O4/c1-22(2)20(29)25(21(30)26(22)23)14-18(27)13-24-12-15-8-10-17(11-9-15)19(28)16-6-4-3-5-7-16/h3-11,18,24,27H,12-14H2,1-2H3. The fraction of sp³-hybridized carbons (Fsp3) is 0.318. The topological polar surface area (TPSA) is 90.0 Å². The normalized spacial score (nSPS) is 16.8. The first-order valence-electron chi connectivity index (χ1n) is 9.61. The molecule has 1 aliphatic rings. The van der Waals surface area contributed by atoms with E-state index in [4.69, 9.17) is 11.8 Å². The molecule has 1 saturated heterocycles. The molecule has 0 aliphatic carbocycles. The van der Waals surface area contributed by atoms with Crippen molar-refractivity contribution < 1.29 is 19.5 Å². The number of rotatable bonds is 8. The van der Waals surface area contributed by atoms with Crippen molar-refractivity contribution in [1.29, 1.82) is 0 Å². The van der Waals surface area contributed by atoms with Gasteiger partial charge < -0.3 is 10.4 Å². The largest absolute Gasteiger partial charge is 0.390 e. The second kappa shape index (κ2) is 8.95. The molecule has 8 heteroatoms. The van der Waals surface area contributed by atoms with Crippen LogP contribution in [0, 0.1) is 0 Å². The van der Waals surface area contributed by atoms with Crippen LogP contribution in [0.25, 0.3) is 0 Å². The van der Waals surface area contributed by atoms with Crippen LogP contribution in [0.5, 0.6) is 0 Å². The molecule has 2 aromatic rings. The molecular weight excluding hydrogens is 406 g/mol. The maximum Gasteiger partial charge on any atom is 0.342 e. The number of carbonyl (C=O) groups is 3. The number of nitrogens with one attached hydrogen (secondary N) is 1. The quantitative estimate of drug-likeness (QED) is 0.382. The number of amides is 3. The Balaban J connectivity index is 1.49. The molecule has 1 heterocycles. The molecule has 7 nitrogen and oxygen atoms in total. The van der Waals surface area contributed by atoms with Gasteiger partial charge in [-0.15, -0.1) is 0 Å². The smallest absolute Gasteiger partial charge is 0.342 e. The number of urea groups is 1. The van der Waals surface area contributed by atoms with Gasteiger partial charge in [0.25, 0.3) is 5.91 Å². The fourth-order valence-corrected chi connectivity index (χ4v) is 3.36. The second-order valence-electron chi connectivity index (χ2n) is 7.71. The van der Waals surface area contributed by atoms with Crippen molar-refractivity contribution in [2.75, 3.05) is 13.1 Å². The van der Waals surface area contributed by atoms with Gasteiger partial charge in [-0.3, -0.25) is 14.5 Å². The van der Waals surface area contributed by atoms with E-state index >= 15 is 0 Å². The minimum Gasteiger partial charge on any atom is -0.390 e. The molecule has 0 spiro atoms. The lowest BCUT2D eigenvalue weighted by Gasteiger charge is -2.20. The van der Waals surface area contributed by atoms with Gasteiger partial charge >= 0.3 is 6.03 Å². The molecule has 1 unspecified atom stereocenters. The molecule has 1 aliphatic heterocycles. The lowest BCUT2D eigenvalue weighted by atomic mass is 10.0. The lowest BCUT2D eigenvalue weighted by Crippen LogP contribution is -2.43. The summed E-state index contributed by atoms with van der Waals surface area (Å²) in [4.78, 5) is 37.8. The summed E-state index contributed by atoms with van der Waals surface area (Å²) in [6.07, 6.45) is -0.934. The highest BCUT2D eigenvalue weighted by molar-refractivity contribution is 6.28. The number of benzene rings is 2. The highest BCUT2D eigenvalue weighted by atomic mass is 35.5. The maximum atomic E-state index is 12.4. The van der Waals surface area contributed by atoms with Crippen LogP contribution in [-0.2, 0) is 11.3 Å². The molecule has 158 valence electrons. The summed E-state index contributed by atoms with van der Waals surface area (Å²) >= 11 is 5.89. The van der Waals surface area contributed by atoms with E-state index in [2.05, 4.69) is 5.32 Å². The number of halogens is 1. The minimum atomic E-state index is -1.13. The van der Waals surface area contributed by atoms with Crippen molar-refractivity contribution in [1.82, 2.24) is 14.6 Å². The third-order valence-electron chi connectivity index (χ3n) is 5.01. The zero-order chi connectivity index (χ0) is 21.9. The van der Waals surface area contributed by atoms with Crippen LogP contribution in [0.2, 0.25) is 0 Å². The van der Waals surface area contributed by atoms with Gasteiger partial charge in [0.1, 0.15) is 5.54 Å². The van der Waals surface area contributed by atoms with E-state index in [0.717, 1.165) is 14.9 Å². The second-order valence-corrected chi connectivity index (χ2v) is 8.05. The van der Waals surface area contributed by atoms with Gasteiger partial charge in [0.05, 0.1) is 12.6 Å². The Morgan fingerprint density at radius 3 is 2.23 bits per heavy atom. The molecule has 0 bridgehead atoms. The van der Waals surface area contributed by atoms with Crippen molar-refractivity contribution in [2.24, 2.45) is 0 Å². The average molecular weight is 430 g/mol. The van der Waals surface area contributed by atoms with E-state index in [1.165, 1.54) is 0 Å². The summed E-state index contributed by atoms with van der Waals surface area (Å²) in [5.41, 5.74) is 1.04. The molecule has 0 radical (unpaired) electrons. The Labute approximate surface area is 180 Å². The van der Waals surface area contributed by atoms with Crippen LogP contribution in [0.15, 0.2) is 54.6 Å². The SMILES string of the molecule is CC1(C)C(=O)N(CC(O)CNCc2ccc(C(=O)c3ccccc3)cc2)C(=O)N1Cl. The summed E-state index contributed by atoms with van der Waals surface area (Å²) in [6, 6.07) is 15.7. The van der Waals surface area contributed by atoms with Crippen molar-refractivity contribution in [3.05, 3.63) is 71.3 Å². The first-order valence-corrected chi connectivity index (χ1v) is 9.95. The molecule has 1 fully saturated rings. The van der Waals surface area contributed by atoms with E-state index in [-0.39, 0.29) is 18.9 Å². The van der Waals surface area contributed by atoms with E-state index in [9.17, 15) is 19.5 Å². The van der Waals surface area contributed by atoms with Crippen LogP contribution in [0.4, 0.5) is 4.79 Å². The molecule has 3 rings (SSSR count). The monoisotopic (exact) mass is 429 g/mol. The predicted octanol–water partition coefficient (Wildman–Crippen LogP) is 2.56. The van der Waals surface area contributed by atoms with E-state index in [0.29, 0.717) is 17.7 Å². The van der Waals surface area contributed by atoms with Crippen molar-refractivity contribution in [3.8, 4) is 0 Å². The Kier molecular flexibility index (Phi) is 6.55. The van der Waals surface area contributed by atoms with Crippen molar-refractivity contribution >= 4 is 29.5 Å². The van der Waals surface area contributed by atoms with Crippen LogP contribution < -0.4 is 5.32 Å². The minimum absolute atomic E-state index is 0.0401. The van der Waals surface area contributed by atoms with Gasteiger partial charge in [-0.1, -0.05) is 54.6 Å². The van der Waals surface area contributed by atoms with Crippen LogP contribution in [-0.4, -0.2) is 56.9 Å². The number of hydrogen-bond acceptors (Lipinski definition) is 5. The Bertz CT molecular complexity index is 931. The molecule has 1 atom stereocenters. The number of aliphatic hydroxyl groups excluding tert-OH is 1. The molecule has 3 amide bonds. The zero-order valence-electron chi connectivity index (χ0n) is 16.8. The third-order valence-corrected chi connectivity index (χ3v) is 5.58. The Morgan fingerprint density at radius 2 is 1.67 bits per heavy atom. The van der Waals surface area contributed by atoms with Gasteiger partial charge in [-0.05, 0) is 19.4 Å². The average Bonchev–Trinajstić information content (AvgIpc) is 2.89. The van der Waals surface area contributed by atoms with Gasteiger partial charge in [0, 0.05) is 36.0 Å². The summed E-state index contributed by atoms with van der Waals surface area (Å²) < 4.78 is 0.855. The summed E-state index contributed by atoms with van der Waals surface area (Å²) in [5.74, 6) is -0.484. The lowest BCUT2D eigenvalue weighted by molar-refractivity contribution is -0.132. The highest BCUT2D eigenvalue weighted by Crippen LogP contribution is 2.29. The number of ketones is 1. The maximum absolute atomic E-state index is 12.4. The Hall–Kier alpha value is -2.74. The number of aliphatic hydroxyl groups is 1. The van der Waals surface area contributed by atoms with Crippen LogP contribution >= 0.6 is 11.8 Å². The number of β-amino-alcohol motifs (C(OH)–C–C–N with tert-alkyl or cyclic N) is 1. The third kappa shape index (κ3) is 4.53. The van der Waals surface area contributed by atoms with E-state index < -0.39 is 23.6 Å². The molecule has 0 aromatic heterocycles. The van der Waals surface area contributed by atoms with E-state index in [1.54, 1.807) is 38.1 Å². The van der Waals surface area contributed by atoms with Gasteiger partial charge in [-0.25, -0.2) is 9.21 Å². The molecule has 2 N–H and O–H groups in total. The van der Waals surface area contributed by atoms with Crippen molar-refractivity contribution in [3.63, 3.8) is 0 Å². The van der Waals surface area contributed by atoms with E-state index in [1.807, 2.05) is 30.3 Å². The number of carbonyl (C=O) groups excluding carboxylic acids is 3. The fourth-order valence-electron chi connectivity index (χ4n) is 3.20. The van der Waals surface area contributed by atoms with Crippen LogP contribution in [0.3, 0.4) is 0 Å².